The molecule has 2 unspecified atom stereocenters. The minimum atomic E-state index is -0.327. The standard InChI is InChI=1S/C15H20BrNO2/c1-10-7-14(16)4-3-12(10)8-15(19)17-6-5-13(9-17)11(2)18/h3-4,7,11,13,18H,5-6,8-9H2,1-2H3. The molecule has 1 aliphatic rings. The van der Waals surface area contributed by atoms with Crippen LogP contribution in [0.3, 0.4) is 0 Å². The lowest BCUT2D eigenvalue weighted by Crippen LogP contribution is -2.31. The molecule has 1 fully saturated rings. The van der Waals surface area contributed by atoms with Crippen LogP contribution >= 0.6 is 15.9 Å². The Morgan fingerprint density at radius 3 is 2.89 bits per heavy atom. The van der Waals surface area contributed by atoms with Gasteiger partial charge in [-0.15, -0.1) is 0 Å². The van der Waals surface area contributed by atoms with E-state index in [2.05, 4.69) is 15.9 Å². The van der Waals surface area contributed by atoms with Crippen LogP contribution in [0.5, 0.6) is 0 Å². The summed E-state index contributed by atoms with van der Waals surface area (Å²) in [6.07, 6.45) is 1.03. The van der Waals surface area contributed by atoms with E-state index in [0.29, 0.717) is 13.0 Å². The molecule has 1 saturated heterocycles. The van der Waals surface area contributed by atoms with Gasteiger partial charge >= 0.3 is 0 Å². The molecular formula is C15H20BrNO2. The Bertz CT molecular complexity index is 473. The van der Waals surface area contributed by atoms with Crippen LogP contribution in [0, 0.1) is 12.8 Å². The molecule has 1 aromatic rings. The normalized spacial score (nSPS) is 20.6. The molecule has 0 radical (unpaired) electrons. The van der Waals surface area contributed by atoms with Crippen molar-refractivity contribution in [2.45, 2.75) is 32.8 Å². The number of rotatable bonds is 3. The van der Waals surface area contributed by atoms with Crippen LogP contribution in [0.15, 0.2) is 22.7 Å². The third kappa shape index (κ3) is 3.57. The maximum Gasteiger partial charge on any atom is 0.227 e. The van der Waals surface area contributed by atoms with Crippen molar-refractivity contribution < 1.29 is 9.90 Å². The number of nitrogens with zero attached hydrogens (tertiary/aromatic N) is 1. The number of aryl methyl sites for hydroxylation is 1. The first-order chi connectivity index (χ1) is 8.97. The minimum absolute atomic E-state index is 0.161. The Morgan fingerprint density at radius 1 is 1.58 bits per heavy atom. The molecule has 2 atom stereocenters. The molecule has 0 spiro atoms. The molecule has 104 valence electrons. The highest BCUT2D eigenvalue weighted by Crippen LogP contribution is 2.22. The molecule has 1 amide bonds. The van der Waals surface area contributed by atoms with Crippen molar-refractivity contribution in [3.05, 3.63) is 33.8 Å². The van der Waals surface area contributed by atoms with Crippen LogP contribution in [0.4, 0.5) is 0 Å². The number of aliphatic hydroxyl groups excluding tert-OH is 1. The monoisotopic (exact) mass is 325 g/mol. The molecule has 2 rings (SSSR count). The van der Waals surface area contributed by atoms with E-state index in [1.165, 1.54) is 0 Å². The maximum atomic E-state index is 12.3. The highest BCUT2D eigenvalue weighted by molar-refractivity contribution is 9.10. The Balaban J connectivity index is 1.98. The van der Waals surface area contributed by atoms with Crippen LogP contribution in [0.1, 0.15) is 24.5 Å². The van der Waals surface area contributed by atoms with Crippen LogP contribution < -0.4 is 0 Å². The van der Waals surface area contributed by atoms with E-state index in [9.17, 15) is 9.90 Å². The number of halogens is 1. The van der Waals surface area contributed by atoms with Crippen molar-refractivity contribution in [3.8, 4) is 0 Å². The molecule has 0 aromatic heterocycles. The summed E-state index contributed by atoms with van der Waals surface area (Å²) >= 11 is 3.43. The van der Waals surface area contributed by atoms with Gasteiger partial charge in [0.15, 0.2) is 0 Å². The van der Waals surface area contributed by atoms with E-state index >= 15 is 0 Å². The zero-order chi connectivity index (χ0) is 14.0. The van der Waals surface area contributed by atoms with Crippen LogP contribution in [-0.2, 0) is 11.2 Å². The fourth-order valence-corrected chi connectivity index (χ4v) is 3.02. The summed E-state index contributed by atoms with van der Waals surface area (Å²) < 4.78 is 1.04. The second kappa shape index (κ2) is 6.06. The van der Waals surface area contributed by atoms with Gasteiger partial charge in [0.25, 0.3) is 0 Å². The fraction of sp³-hybridized carbons (Fsp3) is 0.533. The summed E-state index contributed by atoms with van der Waals surface area (Å²) in [5.74, 6) is 0.392. The molecule has 4 heteroatoms. The van der Waals surface area contributed by atoms with Gasteiger partial charge in [-0.25, -0.2) is 0 Å². The van der Waals surface area contributed by atoms with Crippen molar-refractivity contribution in [1.29, 1.82) is 0 Å². The van der Waals surface area contributed by atoms with Gasteiger partial charge in [0.1, 0.15) is 0 Å². The third-order valence-electron chi connectivity index (χ3n) is 3.91. The van der Waals surface area contributed by atoms with E-state index in [1.807, 2.05) is 30.0 Å². The number of carbonyl (C=O) groups excluding carboxylic acids is 1. The summed E-state index contributed by atoms with van der Waals surface area (Å²) in [6.45, 7) is 5.28. The van der Waals surface area contributed by atoms with E-state index in [1.54, 1.807) is 6.92 Å². The smallest absolute Gasteiger partial charge is 0.227 e. The lowest BCUT2D eigenvalue weighted by Gasteiger charge is -2.18. The Hall–Kier alpha value is -0.870. The molecule has 1 N–H and O–H groups in total. The van der Waals surface area contributed by atoms with Crippen LogP contribution in [0.25, 0.3) is 0 Å². The molecule has 0 saturated carbocycles. The lowest BCUT2D eigenvalue weighted by molar-refractivity contribution is -0.129. The quantitative estimate of drug-likeness (QED) is 0.927. The Morgan fingerprint density at radius 2 is 2.32 bits per heavy atom. The number of benzene rings is 1. The SMILES string of the molecule is Cc1cc(Br)ccc1CC(=O)N1CCC(C(C)O)C1. The van der Waals surface area contributed by atoms with Crippen molar-refractivity contribution in [2.75, 3.05) is 13.1 Å². The van der Waals surface area contributed by atoms with Crippen molar-refractivity contribution in [2.24, 2.45) is 5.92 Å². The van der Waals surface area contributed by atoms with E-state index in [0.717, 1.165) is 28.6 Å². The summed E-state index contributed by atoms with van der Waals surface area (Å²) in [4.78, 5) is 14.1. The second-order valence-corrected chi connectivity index (χ2v) is 6.29. The van der Waals surface area contributed by atoms with Crippen LogP contribution in [0.2, 0.25) is 0 Å². The van der Waals surface area contributed by atoms with Gasteiger partial charge < -0.3 is 10.0 Å². The topological polar surface area (TPSA) is 40.5 Å². The number of aliphatic hydroxyl groups is 1. The predicted octanol–water partition coefficient (Wildman–Crippen LogP) is 2.53. The van der Waals surface area contributed by atoms with Crippen molar-refractivity contribution in [3.63, 3.8) is 0 Å². The highest BCUT2D eigenvalue weighted by Gasteiger charge is 2.28. The zero-order valence-electron chi connectivity index (χ0n) is 11.4. The summed E-state index contributed by atoms with van der Waals surface area (Å²) in [7, 11) is 0. The molecule has 3 nitrogen and oxygen atoms in total. The number of amides is 1. The zero-order valence-corrected chi connectivity index (χ0v) is 13.0. The number of likely N-dealkylation sites (tertiary alicyclic amines) is 1. The summed E-state index contributed by atoms with van der Waals surface area (Å²) in [5, 5.41) is 9.57. The molecule has 1 heterocycles. The van der Waals surface area contributed by atoms with E-state index in [4.69, 9.17) is 0 Å². The number of hydrogen-bond acceptors (Lipinski definition) is 2. The van der Waals surface area contributed by atoms with E-state index in [-0.39, 0.29) is 17.9 Å². The summed E-state index contributed by atoms with van der Waals surface area (Å²) in [5.41, 5.74) is 2.21. The fourth-order valence-electron chi connectivity index (χ4n) is 2.54. The Labute approximate surface area is 122 Å². The number of carbonyl (C=O) groups is 1. The first kappa shape index (κ1) is 14.5. The molecule has 1 aromatic carbocycles. The highest BCUT2D eigenvalue weighted by atomic mass is 79.9. The van der Waals surface area contributed by atoms with Gasteiger partial charge in [-0.1, -0.05) is 22.0 Å². The molecule has 19 heavy (non-hydrogen) atoms. The van der Waals surface area contributed by atoms with Crippen molar-refractivity contribution >= 4 is 21.8 Å². The molecule has 0 aliphatic carbocycles. The average Bonchev–Trinajstić information content (AvgIpc) is 2.82. The van der Waals surface area contributed by atoms with Gasteiger partial charge in [-0.2, -0.15) is 0 Å². The summed E-state index contributed by atoms with van der Waals surface area (Å²) in [6, 6.07) is 6.00. The molecular weight excluding hydrogens is 306 g/mol. The number of hydrogen-bond donors (Lipinski definition) is 1. The van der Waals surface area contributed by atoms with Gasteiger partial charge in [-0.3, -0.25) is 4.79 Å². The van der Waals surface area contributed by atoms with Crippen molar-refractivity contribution in [1.82, 2.24) is 4.90 Å². The molecule has 1 aliphatic heterocycles. The average molecular weight is 326 g/mol. The van der Waals surface area contributed by atoms with Gasteiger partial charge in [0.2, 0.25) is 5.91 Å². The van der Waals surface area contributed by atoms with E-state index < -0.39 is 0 Å². The first-order valence-electron chi connectivity index (χ1n) is 6.68. The van der Waals surface area contributed by atoms with Gasteiger partial charge in [0.05, 0.1) is 12.5 Å². The van der Waals surface area contributed by atoms with Gasteiger partial charge in [-0.05, 0) is 43.5 Å². The second-order valence-electron chi connectivity index (χ2n) is 5.38. The van der Waals surface area contributed by atoms with Crippen LogP contribution in [-0.4, -0.2) is 35.1 Å². The minimum Gasteiger partial charge on any atom is -0.393 e. The molecule has 0 bridgehead atoms. The predicted molar refractivity (Wildman–Crippen MR) is 79.0 cm³/mol. The maximum absolute atomic E-state index is 12.3. The largest absolute Gasteiger partial charge is 0.393 e. The Kier molecular flexibility index (Phi) is 4.63. The lowest BCUT2D eigenvalue weighted by atomic mass is 10.0. The third-order valence-corrected chi connectivity index (χ3v) is 4.40. The van der Waals surface area contributed by atoms with Gasteiger partial charge in [0, 0.05) is 23.5 Å². The first-order valence-corrected chi connectivity index (χ1v) is 7.47.